The van der Waals surface area contributed by atoms with Crippen molar-refractivity contribution < 1.29 is 32.6 Å². The third-order valence-corrected chi connectivity index (χ3v) is 17.8. The van der Waals surface area contributed by atoms with Crippen molar-refractivity contribution in [3.63, 3.8) is 0 Å². The SMILES string of the molecule is C=C(C)[C@@H]1CC[C@]2(CC(=O)NS(=O)(=O)c3ccccc3)CC[C@]3(C)[C@H](CC[C@@H]4[C@@]5(C)CC[C@H](OC(=O)CC(C)(C)C(=O)O)C(C)(C)[C@@H]5CC[C@]43C)[C@@H]12. The van der Waals surface area contributed by atoms with Gasteiger partial charge in [0, 0.05) is 11.8 Å². The van der Waals surface area contributed by atoms with Crippen molar-refractivity contribution in [2.75, 3.05) is 0 Å². The van der Waals surface area contributed by atoms with Crippen molar-refractivity contribution in [1.82, 2.24) is 4.72 Å². The summed E-state index contributed by atoms with van der Waals surface area (Å²) in [5, 5.41) is 9.60. The molecule has 1 aromatic rings. The van der Waals surface area contributed by atoms with Crippen LogP contribution < -0.4 is 4.72 Å². The molecule has 5 aliphatic carbocycles. The van der Waals surface area contributed by atoms with Crippen LogP contribution in [0.15, 0.2) is 47.4 Å². The van der Waals surface area contributed by atoms with Gasteiger partial charge in [0.15, 0.2) is 0 Å². The Balaban J connectivity index is 1.25. The van der Waals surface area contributed by atoms with Crippen molar-refractivity contribution >= 4 is 27.9 Å². The lowest BCUT2D eigenvalue weighted by molar-refractivity contribution is -0.250. The summed E-state index contributed by atoms with van der Waals surface area (Å²) in [4.78, 5) is 38.6. The largest absolute Gasteiger partial charge is 0.481 e. The first-order valence-corrected chi connectivity index (χ1v) is 21.2. The minimum atomic E-state index is -3.95. The van der Waals surface area contributed by atoms with Crippen molar-refractivity contribution in [3.05, 3.63) is 42.5 Å². The van der Waals surface area contributed by atoms with E-state index in [9.17, 15) is 27.9 Å². The molecule has 52 heavy (non-hydrogen) atoms. The van der Waals surface area contributed by atoms with Gasteiger partial charge in [-0.05, 0) is 148 Å². The van der Waals surface area contributed by atoms with Crippen LogP contribution in [0.5, 0.6) is 0 Å². The van der Waals surface area contributed by atoms with Gasteiger partial charge in [0.05, 0.1) is 16.7 Å². The maximum Gasteiger partial charge on any atom is 0.309 e. The van der Waals surface area contributed by atoms with E-state index < -0.39 is 33.3 Å². The van der Waals surface area contributed by atoms with E-state index in [2.05, 4.69) is 52.8 Å². The summed E-state index contributed by atoms with van der Waals surface area (Å²) in [6.07, 6.45) is 9.75. The second kappa shape index (κ2) is 13.0. The fraction of sp³-hybridized carbons (Fsp3) is 0.744. The number of esters is 1. The van der Waals surface area contributed by atoms with Crippen LogP contribution in [0.1, 0.15) is 132 Å². The molecule has 9 heteroatoms. The van der Waals surface area contributed by atoms with Gasteiger partial charge >= 0.3 is 11.9 Å². The van der Waals surface area contributed by atoms with Crippen LogP contribution in [0.4, 0.5) is 0 Å². The lowest BCUT2D eigenvalue weighted by Gasteiger charge is -2.73. The number of ether oxygens (including phenoxy) is 1. The minimum Gasteiger partial charge on any atom is -0.481 e. The number of allylic oxidation sites excluding steroid dienone is 1. The van der Waals surface area contributed by atoms with Gasteiger partial charge in [0.25, 0.3) is 10.0 Å². The second-order valence-electron chi connectivity index (χ2n) is 19.8. The molecule has 1 aromatic carbocycles. The number of carboxylic acid groups (broad SMARTS) is 1. The number of rotatable bonds is 9. The van der Waals surface area contributed by atoms with E-state index in [1.807, 2.05) is 0 Å². The number of hydrogen-bond donors (Lipinski definition) is 2. The van der Waals surface area contributed by atoms with Crippen LogP contribution in [0.25, 0.3) is 0 Å². The quantitative estimate of drug-likeness (QED) is 0.191. The van der Waals surface area contributed by atoms with Gasteiger partial charge in [-0.1, -0.05) is 65.0 Å². The van der Waals surface area contributed by atoms with Crippen molar-refractivity contribution in [2.45, 2.75) is 143 Å². The molecule has 0 radical (unpaired) electrons. The Morgan fingerprint density at radius 2 is 1.56 bits per heavy atom. The molecule has 0 heterocycles. The molecule has 0 aliphatic heterocycles. The van der Waals surface area contributed by atoms with E-state index in [4.69, 9.17) is 4.74 Å². The first kappa shape index (κ1) is 39.0. The van der Waals surface area contributed by atoms with E-state index in [1.54, 1.807) is 32.0 Å². The van der Waals surface area contributed by atoms with Gasteiger partial charge < -0.3 is 9.84 Å². The van der Waals surface area contributed by atoms with E-state index in [-0.39, 0.29) is 56.8 Å². The van der Waals surface area contributed by atoms with Crippen LogP contribution in [0.2, 0.25) is 0 Å². The number of aliphatic carboxylic acids is 1. The molecule has 6 rings (SSSR count). The molecular weight excluding hydrogens is 675 g/mol. The molecule has 5 aliphatic rings. The fourth-order valence-electron chi connectivity index (χ4n) is 13.6. The Bertz CT molecular complexity index is 1720. The Kier molecular flexibility index (Phi) is 9.74. The molecule has 5 saturated carbocycles. The maximum atomic E-state index is 13.7. The summed E-state index contributed by atoms with van der Waals surface area (Å²) in [7, 11) is -3.95. The predicted octanol–water partition coefficient (Wildman–Crippen LogP) is 8.95. The number of carboxylic acids is 1. The smallest absolute Gasteiger partial charge is 0.309 e. The highest BCUT2D eigenvalue weighted by Gasteiger charge is 2.71. The molecule has 5 fully saturated rings. The summed E-state index contributed by atoms with van der Waals surface area (Å²) in [6, 6.07) is 8.14. The summed E-state index contributed by atoms with van der Waals surface area (Å²) in [5.74, 6) is 0.0325. The number of carbonyl (C=O) groups excluding carboxylic acids is 2. The zero-order chi connectivity index (χ0) is 38.3. The van der Waals surface area contributed by atoms with Gasteiger partial charge in [-0.25, -0.2) is 13.1 Å². The zero-order valence-corrected chi connectivity index (χ0v) is 33.7. The molecular formula is C43H63NO7S. The van der Waals surface area contributed by atoms with Crippen LogP contribution in [0.3, 0.4) is 0 Å². The van der Waals surface area contributed by atoms with Crippen molar-refractivity contribution in [1.29, 1.82) is 0 Å². The first-order chi connectivity index (χ1) is 24.0. The third-order valence-electron chi connectivity index (χ3n) is 16.4. The monoisotopic (exact) mass is 737 g/mol. The number of carbonyl (C=O) groups is 3. The molecule has 2 N–H and O–H groups in total. The second-order valence-corrected chi connectivity index (χ2v) is 21.5. The summed E-state index contributed by atoms with van der Waals surface area (Å²) < 4.78 is 34.9. The molecule has 0 saturated heterocycles. The Hall–Kier alpha value is -2.68. The predicted molar refractivity (Wildman–Crippen MR) is 201 cm³/mol. The normalized spacial score (nSPS) is 39.5. The van der Waals surface area contributed by atoms with Gasteiger partial charge in [-0.2, -0.15) is 0 Å². The van der Waals surface area contributed by atoms with Gasteiger partial charge in [0.2, 0.25) is 5.91 Å². The van der Waals surface area contributed by atoms with E-state index >= 15 is 0 Å². The zero-order valence-electron chi connectivity index (χ0n) is 32.8. The molecule has 0 spiro atoms. The standard InChI is InChI=1S/C43H63NO7S/c1-27(2)29-17-22-43(25-34(45)44-52(49,50)28-13-11-10-12-14-28)24-23-41(8)30(36(29)43)15-16-32-40(7)20-19-33(51-35(46)26-38(3,4)37(47)48)39(5,6)31(40)18-21-42(32,41)9/h10-14,29-33,36H,1,15-26H2,2-9H3,(H,44,45)(H,47,48)/t29-,30+,31-,32+,33-,36+,40-,41+,42+,43+/m0/s1. The number of hydrogen-bond acceptors (Lipinski definition) is 6. The van der Waals surface area contributed by atoms with Crippen LogP contribution in [-0.4, -0.2) is 37.5 Å². The highest BCUT2D eigenvalue weighted by molar-refractivity contribution is 7.90. The Labute approximate surface area is 312 Å². The molecule has 288 valence electrons. The number of amides is 1. The molecule has 0 bridgehead atoms. The maximum absolute atomic E-state index is 13.7. The third kappa shape index (κ3) is 6.07. The number of sulfonamides is 1. The number of nitrogens with one attached hydrogen (secondary N) is 1. The van der Waals surface area contributed by atoms with Crippen molar-refractivity contribution in [2.24, 2.45) is 62.1 Å². The van der Waals surface area contributed by atoms with Crippen molar-refractivity contribution in [3.8, 4) is 0 Å². The van der Waals surface area contributed by atoms with Crippen LogP contribution in [-0.2, 0) is 29.1 Å². The lowest BCUT2D eigenvalue weighted by atomic mass is 9.32. The van der Waals surface area contributed by atoms with E-state index in [1.165, 1.54) is 17.7 Å². The minimum absolute atomic E-state index is 0.0541. The first-order valence-electron chi connectivity index (χ1n) is 19.7. The topological polar surface area (TPSA) is 127 Å². The Morgan fingerprint density at radius 3 is 2.19 bits per heavy atom. The number of benzene rings is 1. The average molecular weight is 738 g/mol. The average Bonchev–Trinajstić information content (AvgIpc) is 3.42. The van der Waals surface area contributed by atoms with E-state index in [0.29, 0.717) is 23.7 Å². The number of fused-ring (bicyclic) bond motifs is 7. The highest BCUT2D eigenvalue weighted by Crippen LogP contribution is 2.78. The van der Waals surface area contributed by atoms with Gasteiger partial charge in [-0.3, -0.25) is 14.4 Å². The molecule has 0 aromatic heterocycles. The highest BCUT2D eigenvalue weighted by atomic mass is 32.2. The van der Waals surface area contributed by atoms with E-state index in [0.717, 1.165) is 64.2 Å². The molecule has 8 nitrogen and oxygen atoms in total. The lowest BCUT2D eigenvalue weighted by Crippen LogP contribution is -2.67. The van der Waals surface area contributed by atoms with Crippen LogP contribution >= 0.6 is 0 Å². The summed E-state index contributed by atoms with van der Waals surface area (Å²) in [5.41, 5.74) is -0.295. The molecule has 1 amide bonds. The summed E-state index contributed by atoms with van der Waals surface area (Å²) in [6.45, 7) is 21.9. The molecule has 0 unspecified atom stereocenters. The van der Waals surface area contributed by atoms with Gasteiger partial charge in [-0.15, -0.1) is 0 Å². The fourth-order valence-corrected chi connectivity index (χ4v) is 14.6. The Morgan fingerprint density at radius 1 is 0.885 bits per heavy atom. The summed E-state index contributed by atoms with van der Waals surface area (Å²) >= 11 is 0. The molecule has 10 atom stereocenters. The van der Waals surface area contributed by atoms with Crippen LogP contribution in [0, 0.1) is 62.1 Å². The van der Waals surface area contributed by atoms with Gasteiger partial charge in [0.1, 0.15) is 6.10 Å².